The fourth-order valence-corrected chi connectivity index (χ4v) is 7.87. The quantitative estimate of drug-likeness (QED) is 0.263. The van der Waals surface area contributed by atoms with Crippen LogP contribution in [0.5, 0.6) is 0 Å². The van der Waals surface area contributed by atoms with Crippen molar-refractivity contribution in [2.75, 3.05) is 27.9 Å². The number of piperazine rings is 1. The van der Waals surface area contributed by atoms with E-state index in [9.17, 15) is 29.2 Å². The number of methoxy groups -OCH3 is 2. The van der Waals surface area contributed by atoms with Crippen LogP contribution in [0.4, 0.5) is 0 Å². The Balaban J connectivity index is 1.50. The molecular formula is C32H33N3O8. The predicted octanol–water partition coefficient (Wildman–Crippen LogP) is 1.65. The average Bonchev–Trinajstić information content (AvgIpc) is 3.53. The molecule has 3 aliphatic heterocycles. The minimum absolute atomic E-state index is 0.0247. The minimum atomic E-state index is -0.944. The molecule has 224 valence electrons. The molecule has 43 heavy (non-hydrogen) atoms. The Morgan fingerprint density at radius 2 is 1.42 bits per heavy atom. The maximum atomic E-state index is 13.9. The Hall–Kier alpha value is -4.14. The van der Waals surface area contributed by atoms with Gasteiger partial charge in [-0.3, -0.25) is 33.8 Å². The van der Waals surface area contributed by atoms with Crippen LogP contribution < -0.4 is 0 Å². The summed E-state index contributed by atoms with van der Waals surface area (Å²) >= 11 is 0. The molecule has 11 heteroatoms. The number of allylic oxidation sites excluding steroid dienone is 6. The molecule has 5 atom stereocenters. The molecule has 0 aromatic rings. The molecule has 6 aliphatic rings. The van der Waals surface area contributed by atoms with E-state index in [2.05, 4.69) is 6.07 Å². The van der Waals surface area contributed by atoms with E-state index in [1.807, 2.05) is 29.0 Å². The van der Waals surface area contributed by atoms with Gasteiger partial charge >= 0.3 is 5.97 Å². The van der Waals surface area contributed by atoms with Crippen LogP contribution in [0.2, 0.25) is 0 Å². The molecule has 11 nitrogen and oxygen atoms in total. The zero-order valence-electron chi connectivity index (χ0n) is 24.8. The highest BCUT2D eigenvalue weighted by molar-refractivity contribution is 6.26. The number of carbonyl (C=O) groups excluding carboxylic acids is 5. The first-order chi connectivity index (χ1) is 20.6. The number of fused-ring (bicyclic) bond motifs is 5. The summed E-state index contributed by atoms with van der Waals surface area (Å²) < 4.78 is 16.6. The first kappa shape index (κ1) is 29.0. The Bertz CT molecular complexity index is 1580. The van der Waals surface area contributed by atoms with Gasteiger partial charge in [0, 0.05) is 45.5 Å². The molecule has 3 aliphatic carbocycles. The molecule has 2 bridgehead atoms. The second kappa shape index (κ2) is 10.5. The topological polar surface area (TPSA) is 143 Å². The number of Topliss-reactive ketones (excluding diaryl/α,β-unsaturated/α-hetero) is 4. The first-order valence-electron chi connectivity index (χ1n) is 14.4. The van der Waals surface area contributed by atoms with Crippen molar-refractivity contribution < 1.29 is 38.2 Å². The zero-order chi connectivity index (χ0) is 30.9. The Labute approximate surface area is 249 Å². The lowest BCUT2D eigenvalue weighted by Gasteiger charge is -2.60. The van der Waals surface area contributed by atoms with E-state index in [-0.39, 0.29) is 76.3 Å². The summed E-state index contributed by atoms with van der Waals surface area (Å²) in [5.74, 6) is -2.42. The molecule has 0 saturated carbocycles. The summed E-state index contributed by atoms with van der Waals surface area (Å²) in [6, 6.07) is -1.25. The molecule has 0 unspecified atom stereocenters. The third kappa shape index (κ3) is 4.03. The van der Waals surface area contributed by atoms with Gasteiger partial charge in [-0.15, -0.1) is 0 Å². The van der Waals surface area contributed by atoms with Crippen molar-refractivity contribution in [1.82, 2.24) is 9.80 Å². The van der Waals surface area contributed by atoms with E-state index < -0.39 is 47.7 Å². The minimum Gasteiger partial charge on any atom is -0.492 e. The summed E-state index contributed by atoms with van der Waals surface area (Å²) in [6.07, 6.45) is 5.12. The number of nitrogens with zero attached hydrogens (tertiary/aromatic N) is 3. The molecule has 6 rings (SSSR count). The number of esters is 1. The largest absolute Gasteiger partial charge is 0.492 e. The van der Waals surface area contributed by atoms with E-state index in [1.165, 1.54) is 21.1 Å². The molecule has 0 aromatic heterocycles. The lowest BCUT2D eigenvalue weighted by Crippen LogP contribution is -2.74. The number of likely N-dealkylation sites (N-methyl/N-ethyl adjacent to an activating group) is 1. The van der Waals surface area contributed by atoms with Crippen molar-refractivity contribution in [1.29, 1.82) is 5.26 Å². The number of ether oxygens (including phenoxy) is 3. The van der Waals surface area contributed by atoms with Crippen molar-refractivity contribution in [3.05, 3.63) is 57.1 Å². The van der Waals surface area contributed by atoms with E-state index in [0.717, 1.165) is 0 Å². The number of ketones is 4. The molecule has 1 fully saturated rings. The fourth-order valence-electron chi connectivity index (χ4n) is 7.87. The third-order valence-electron chi connectivity index (χ3n) is 9.94. The maximum absolute atomic E-state index is 13.9. The van der Waals surface area contributed by atoms with E-state index in [0.29, 0.717) is 18.4 Å². The van der Waals surface area contributed by atoms with Gasteiger partial charge in [0.1, 0.15) is 12.6 Å². The molecule has 0 N–H and O–H groups in total. The molecule has 0 spiro atoms. The summed E-state index contributed by atoms with van der Waals surface area (Å²) in [5.41, 5.74) is 1.43. The molecular weight excluding hydrogens is 554 g/mol. The molecule has 0 amide bonds. The summed E-state index contributed by atoms with van der Waals surface area (Å²) in [4.78, 5) is 71.8. The fraction of sp³-hybridized carbons (Fsp3) is 0.500. The van der Waals surface area contributed by atoms with Gasteiger partial charge in [0.2, 0.25) is 11.6 Å². The van der Waals surface area contributed by atoms with Crippen LogP contribution in [0.3, 0.4) is 0 Å². The number of hydrogen-bond acceptors (Lipinski definition) is 11. The zero-order valence-corrected chi connectivity index (χ0v) is 24.8. The monoisotopic (exact) mass is 587 g/mol. The van der Waals surface area contributed by atoms with Gasteiger partial charge in [-0.2, -0.15) is 5.26 Å². The van der Waals surface area contributed by atoms with Crippen LogP contribution >= 0.6 is 0 Å². The Morgan fingerprint density at radius 1 is 0.884 bits per heavy atom. The normalized spacial score (nSPS) is 31.3. The van der Waals surface area contributed by atoms with E-state index >= 15 is 0 Å². The Morgan fingerprint density at radius 3 is 1.98 bits per heavy atom. The first-order valence-corrected chi connectivity index (χ1v) is 14.4. The highest BCUT2D eigenvalue weighted by atomic mass is 16.5. The van der Waals surface area contributed by atoms with Crippen LogP contribution in [-0.4, -0.2) is 97.0 Å². The van der Waals surface area contributed by atoms with Gasteiger partial charge in [0.25, 0.3) is 0 Å². The number of rotatable bonds is 5. The molecule has 3 heterocycles. The van der Waals surface area contributed by atoms with Gasteiger partial charge in [-0.05, 0) is 46.6 Å². The second-order valence-corrected chi connectivity index (χ2v) is 11.9. The van der Waals surface area contributed by atoms with Gasteiger partial charge in [0.05, 0.1) is 38.3 Å². The molecule has 0 aromatic carbocycles. The van der Waals surface area contributed by atoms with Gasteiger partial charge < -0.3 is 14.2 Å². The molecule has 0 radical (unpaired) electrons. The van der Waals surface area contributed by atoms with Crippen LogP contribution in [-0.2, 0) is 38.2 Å². The maximum Gasteiger partial charge on any atom is 0.309 e. The second-order valence-electron chi connectivity index (χ2n) is 11.9. The van der Waals surface area contributed by atoms with Gasteiger partial charge in [-0.25, -0.2) is 0 Å². The van der Waals surface area contributed by atoms with Crippen molar-refractivity contribution in [2.45, 2.75) is 69.7 Å². The average molecular weight is 588 g/mol. The van der Waals surface area contributed by atoms with E-state index in [1.54, 1.807) is 6.92 Å². The van der Waals surface area contributed by atoms with Gasteiger partial charge in [0.15, 0.2) is 23.1 Å². The summed E-state index contributed by atoms with van der Waals surface area (Å²) in [5, 5.41) is 10.6. The predicted molar refractivity (Wildman–Crippen MR) is 150 cm³/mol. The summed E-state index contributed by atoms with van der Waals surface area (Å²) in [7, 11) is 4.48. The van der Waals surface area contributed by atoms with Gasteiger partial charge in [-0.1, -0.05) is 12.2 Å². The van der Waals surface area contributed by atoms with Crippen molar-refractivity contribution in [2.24, 2.45) is 5.92 Å². The Kier molecular flexibility index (Phi) is 7.10. The highest BCUT2D eigenvalue weighted by Crippen LogP contribution is 2.49. The SMILES string of the molecule is COC1=C(C)C(=O)C2=C(C1=O)[C@@H]1[C@@H]3CC4=C(C(=O)C(OC)=C(C)C4=O)[C@H](COC(=O)C4CC=CC4)N3[C@@H](C#N)[C@H](C2)N1C. The van der Waals surface area contributed by atoms with Crippen LogP contribution in [0, 0.1) is 17.2 Å². The third-order valence-corrected chi connectivity index (χ3v) is 9.94. The van der Waals surface area contributed by atoms with E-state index in [4.69, 9.17) is 14.2 Å². The van der Waals surface area contributed by atoms with Crippen LogP contribution in [0.25, 0.3) is 0 Å². The number of nitriles is 1. The van der Waals surface area contributed by atoms with Crippen molar-refractivity contribution in [3.8, 4) is 6.07 Å². The van der Waals surface area contributed by atoms with Crippen molar-refractivity contribution in [3.63, 3.8) is 0 Å². The number of carbonyl (C=O) groups is 5. The number of hydrogen-bond donors (Lipinski definition) is 0. The van der Waals surface area contributed by atoms with Crippen LogP contribution in [0.1, 0.15) is 39.5 Å². The lowest BCUT2D eigenvalue weighted by molar-refractivity contribution is -0.152. The smallest absolute Gasteiger partial charge is 0.309 e. The summed E-state index contributed by atoms with van der Waals surface area (Å²) in [6.45, 7) is 2.82. The standard InChI is InChI=1S/C32H33N3O8/c1-14-26(36)17-11-20-25-24-18(27(37)15(2)31(42-5)29(24)39)10-19(34(25)3)21(12-33)35(20)22(23(17)28(38)30(14)41-4)13-43-32(40)16-8-6-7-9-16/h6-7,16,19-22,25H,8-11,13H2,1-5H3/t19-,20-,21-,22-,25-/m0/s1. The lowest BCUT2D eigenvalue weighted by atomic mass is 9.67. The molecule has 1 saturated heterocycles. The van der Waals surface area contributed by atoms with Crippen molar-refractivity contribution >= 4 is 29.1 Å². The van der Waals surface area contributed by atoms with Crippen LogP contribution in [0.15, 0.2) is 57.1 Å². The highest BCUT2D eigenvalue weighted by Gasteiger charge is 2.60.